The van der Waals surface area contributed by atoms with Crippen LogP contribution >= 0.6 is 0 Å². The normalized spacial score (nSPS) is 11.6. The monoisotopic (exact) mass is 204 g/mol. The van der Waals surface area contributed by atoms with Crippen LogP contribution in [0.3, 0.4) is 0 Å². The van der Waals surface area contributed by atoms with E-state index in [4.69, 9.17) is 10.8 Å². The minimum atomic E-state index is -0.917. The molecule has 3 heteroatoms. The van der Waals surface area contributed by atoms with Gasteiger partial charge in [-0.05, 0) is 12.8 Å². The fourth-order valence-corrected chi connectivity index (χ4v) is 0.917. The van der Waals surface area contributed by atoms with Gasteiger partial charge >= 0.3 is 0 Å². The van der Waals surface area contributed by atoms with Crippen LogP contribution in [0, 0.1) is 0 Å². The highest BCUT2D eigenvalue weighted by atomic mass is 16.3. The first kappa shape index (κ1) is 16.3. The molecule has 14 heavy (non-hydrogen) atoms. The van der Waals surface area contributed by atoms with Gasteiger partial charge in [0.1, 0.15) is 5.72 Å². The Morgan fingerprint density at radius 2 is 1.36 bits per heavy atom. The van der Waals surface area contributed by atoms with Gasteiger partial charge in [-0.2, -0.15) is 0 Å². The van der Waals surface area contributed by atoms with Crippen molar-refractivity contribution in [3.05, 3.63) is 0 Å². The van der Waals surface area contributed by atoms with Crippen molar-refractivity contribution < 1.29 is 5.11 Å². The number of aliphatic hydroxyl groups is 1. The summed E-state index contributed by atoms with van der Waals surface area (Å²) in [5.74, 6) is 0. The van der Waals surface area contributed by atoms with Crippen LogP contribution in [0.1, 0.15) is 54.4 Å². The van der Waals surface area contributed by atoms with Gasteiger partial charge in [0.15, 0.2) is 0 Å². The van der Waals surface area contributed by atoms with Gasteiger partial charge in [-0.15, -0.1) is 0 Å². The average molecular weight is 204 g/mol. The highest BCUT2D eigenvalue weighted by Gasteiger charge is 2.12. The second-order valence-electron chi connectivity index (χ2n) is 4.29. The van der Waals surface area contributed by atoms with Gasteiger partial charge in [0.25, 0.3) is 0 Å². The molecule has 0 saturated heterocycles. The fraction of sp³-hybridized carbons (Fsp3) is 1.00. The van der Waals surface area contributed by atoms with E-state index in [-0.39, 0.29) is 0 Å². The second-order valence-corrected chi connectivity index (χ2v) is 4.29. The van der Waals surface area contributed by atoms with E-state index in [1.54, 1.807) is 0 Å². The highest BCUT2D eigenvalue weighted by molar-refractivity contribution is 4.63. The van der Waals surface area contributed by atoms with Crippen molar-refractivity contribution in [3.8, 4) is 0 Å². The zero-order chi connectivity index (χ0) is 11.8. The van der Waals surface area contributed by atoms with Crippen molar-refractivity contribution in [1.29, 1.82) is 0 Å². The lowest BCUT2D eigenvalue weighted by Gasteiger charge is -2.17. The van der Waals surface area contributed by atoms with Crippen LogP contribution in [0.5, 0.6) is 0 Å². The van der Waals surface area contributed by atoms with Gasteiger partial charge in [-0.25, -0.2) is 0 Å². The van der Waals surface area contributed by atoms with E-state index in [0.717, 1.165) is 0 Å². The molecular weight excluding hydrogens is 176 g/mol. The molecule has 4 N–H and O–H groups in total. The van der Waals surface area contributed by atoms with E-state index in [9.17, 15) is 0 Å². The summed E-state index contributed by atoms with van der Waals surface area (Å²) in [6.45, 7) is 12.3. The van der Waals surface area contributed by atoms with Crippen molar-refractivity contribution >= 4 is 0 Å². The molecule has 0 heterocycles. The van der Waals surface area contributed by atoms with Crippen molar-refractivity contribution in [1.82, 2.24) is 5.32 Å². The molecule has 0 saturated carbocycles. The lowest BCUT2D eigenvalue weighted by molar-refractivity contribution is 0.0391. The third-order valence-electron chi connectivity index (χ3n) is 1.89. The van der Waals surface area contributed by atoms with Crippen LogP contribution in [0.2, 0.25) is 0 Å². The van der Waals surface area contributed by atoms with Crippen LogP contribution in [-0.2, 0) is 0 Å². The lowest BCUT2D eigenvalue weighted by Crippen LogP contribution is -2.37. The predicted molar refractivity (Wildman–Crippen MR) is 63.1 cm³/mol. The fourth-order valence-electron chi connectivity index (χ4n) is 0.917. The van der Waals surface area contributed by atoms with Gasteiger partial charge in [0.2, 0.25) is 0 Å². The molecule has 0 aromatic rings. The zero-order valence-corrected chi connectivity index (χ0v) is 10.6. The SMILES string of the molecule is CC(C)NC(C)C.CCC(N)(O)CC. The van der Waals surface area contributed by atoms with Crippen LogP contribution in [0.4, 0.5) is 0 Å². The number of hydrogen-bond donors (Lipinski definition) is 3. The minimum absolute atomic E-state index is 0.625. The van der Waals surface area contributed by atoms with Gasteiger partial charge in [0, 0.05) is 12.1 Å². The summed E-state index contributed by atoms with van der Waals surface area (Å²) in [4.78, 5) is 0. The van der Waals surface area contributed by atoms with Gasteiger partial charge in [-0.3, -0.25) is 0 Å². The predicted octanol–water partition coefficient (Wildman–Crippen LogP) is 1.85. The molecule has 0 atom stereocenters. The quantitative estimate of drug-likeness (QED) is 0.613. The third-order valence-corrected chi connectivity index (χ3v) is 1.89. The Morgan fingerprint density at radius 3 is 1.36 bits per heavy atom. The van der Waals surface area contributed by atoms with Crippen LogP contribution < -0.4 is 11.1 Å². The smallest absolute Gasteiger partial charge is 0.113 e. The summed E-state index contributed by atoms with van der Waals surface area (Å²) in [7, 11) is 0. The van der Waals surface area contributed by atoms with Crippen LogP contribution in [0.15, 0.2) is 0 Å². The minimum Gasteiger partial charge on any atom is -0.376 e. The van der Waals surface area contributed by atoms with Gasteiger partial charge in [0.05, 0.1) is 0 Å². The summed E-state index contributed by atoms with van der Waals surface area (Å²) < 4.78 is 0. The standard InChI is InChI=1S/C6H15N.C5H13NO/c1-5(2)7-6(3)4;1-3-5(6,7)4-2/h5-7H,1-4H3;7H,3-4,6H2,1-2H3. The largest absolute Gasteiger partial charge is 0.376 e. The Hall–Kier alpha value is -0.120. The highest BCUT2D eigenvalue weighted by Crippen LogP contribution is 2.03. The van der Waals surface area contributed by atoms with Crippen molar-refractivity contribution in [2.24, 2.45) is 5.73 Å². The molecule has 0 rings (SSSR count). The van der Waals surface area contributed by atoms with Crippen LogP contribution in [0.25, 0.3) is 0 Å². The van der Waals surface area contributed by atoms with Crippen molar-refractivity contribution in [2.75, 3.05) is 0 Å². The Bertz CT molecular complexity index is 110. The molecule has 0 fully saturated rings. The Balaban J connectivity index is 0. The molecule has 0 aliphatic rings. The lowest BCUT2D eigenvalue weighted by atomic mass is 10.1. The molecule has 0 spiro atoms. The number of nitrogens with two attached hydrogens (primary N) is 1. The third kappa shape index (κ3) is 14.4. The second kappa shape index (κ2) is 8.21. The summed E-state index contributed by atoms with van der Waals surface area (Å²) in [5, 5.41) is 12.2. The van der Waals surface area contributed by atoms with Crippen molar-refractivity contribution in [3.63, 3.8) is 0 Å². The topological polar surface area (TPSA) is 58.3 Å². The summed E-state index contributed by atoms with van der Waals surface area (Å²) in [5.41, 5.74) is 4.35. The average Bonchev–Trinajstić information content (AvgIpc) is 2.03. The molecule has 88 valence electrons. The molecule has 0 aliphatic carbocycles. The van der Waals surface area contributed by atoms with E-state index < -0.39 is 5.72 Å². The molecule has 0 amide bonds. The number of hydrogen-bond acceptors (Lipinski definition) is 3. The summed E-state index contributed by atoms with van der Waals surface area (Å²) in [6.07, 6.45) is 1.26. The van der Waals surface area contributed by atoms with Gasteiger partial charge in [-0.1, -0.05) is 41.5 Å². The first-order valence-corrected chi connectivity index (χ1v) is 5.52. The summed E-state index contributed by atoms with van der Waals surface area (Å²) in [6, 6.07) is 1.25. The first-order chi connectivity index (χ1) is 6.25. The van der Waals surface area contributed by atoms with E-state index >= 15 is 0 Å². The van der Waals surface area contributed by atoms with E-state index in [0.29, 0.717) is 24.9 Å². The van der Waals surface area contributed by atoms with Crippen LogP contribution in [-0.4, -0.2) is 22.9 Å². The molecular formula is C11H28N2O. The van der Waals surface area contributed by atoms with Gasteiger partial charge < -0.3 is 16.2 Å². The molecule has 0 aliphatic heterocycles. The van der Waals surface area contributed by atoms with Crippen molar-refractivity contribution in [2.45, 2.75) is 72.2 Å². The maximum atomic E-state index is 8.91. The Kier molecular flexibility index (Phi) is 9.57. The molecule has 0 unspecified atom stereocenters. The molecule has 0 bridgehead atoms. The molecule has 0 aromatic heterocycles. The molecule has 3 nitrogen and oxygen atoms in total. The number of rotatable bonds is 4. The first-order valence-electron chi connectivity index (χ1n) is 5.52. The maximum Gasteiger partial charge on any atom is 0.113 e. The van der Waals surface area contributed by atoms with E-state index in [2.05, 4.69) is 33.0 Å². The number of nitrogens with one attached hydrogen (secondary N) is 1. The van der Waals surface area contributed by atoms with E-state index in [1.807, 2.05) is 13.8 Å². The molecule has 0 aromatic carbocycles. The summed E-state index contributed by atoms with van der Waals surface area (Å²) >= 11 is 0. The Morgan fingerprint density at radius 1 is 1.07 bits per heavy atom. The molecule has 0 radical (unpaired) electrons. The Labute approximate surface area is 89.1 Å². The van der Waals surface area contributed by atoms with E-state index in [1.165, 1.54) is 0 Å². The maximum absolute atomic E-state index is 8.91. The zero-order valence-electron chi connectivity index (χ0n) is 10.6.